The maximum absolute atomic E-state index is 12.6. The van der Waals surface area contributed by atoms with Gasteiger partial charge < -0.3 is 9.88 Å². The van der Waals surface area contributed by atoms with Crippen LogP contribution in [0, 0.1) is 11.7 Å². The van der Waals surface area contributed by atoms with Crippen LogP contribution in [0.25, 0.3) is 10.9 Å². The van der Waals surface area contributed by atoms with Crippen LogP contribution in [0.3, 0.4) is 0 Å². The number of aromatic amines is 1. The van der Waals surface area contributed by atoms with Crippen molar-refractivity contribution >= 4 is 29.0 Å². The minimum absolute atomic E-state index is 0.0253. The Hall–Kier alpha value is -2.73. The molecule has 0 unspecified atom stereocenters. The number of hydrogen-bond acceptors (Lipinski definition) is 3. The standard InChI is InChI=1S/C20H21N3O2S/c1-14-7-3-4-8-15(14)13-22(2)18(24)11-12-23-19(25)16-9-5-6-10-17(16)21-20(23)26/h3-10H,11-13H2,1-2H3,(H,21,26). The van der Waals surface area contributed by atoms with Crippen LogP contribution >= 0.6 is 12.2 Å². The molecule has 3 aromatic rings. The number of aromatic nitrogens is 2. The zero-order valence-corrected chi connectivity index (χ0v) is 15.7. The van der Waals surface area contributed by atoms with E-state index in [9.17, 15) is 9.59 Å². The van der Waals surface area contributed by atoms with E-state index in [2.05, 4.69) is 4.98 Å². The van der Waals surface area contributed by atoms with Crippen molar-refractivity contribution in [2.75, 3.05) is 7.05 Å². The van der Waals surface area contributed by atoms with E-state index in [1.165, 1.54) is 4.57 Å². The van der Waals surface area contributed by atoms with E-state index in [0.717, 1.165) is 11.1 Å². The third kappa shape index (κ3) is 3.75. The van der Waals surface area contributed by atoms with Crippen molar-refractivity contribution in [2.45, 2.75) is 26.4 Å². The van der Waals surface area contributed by atoms with Gasteiger partial charge in [0, 0.05) is 26.6 Å². The van der Waals surface area contributed by atoms with Gasteiger partial charge in [-0.3, -0.25) is 14.2 Å². The summed E-state index contributed by atoms with van der Waals surface area (Å²) in [5.41, 5.74) is 2.81. The van der Waals surface area contributed by atoms with Crippen molar-refractivity contribution in [1.29, 1.82) is 0 Å². The fourth-order valence-corrected chi connectivity index (χ4v) is 3.22. The summed E-state index contributed by atoms with van der Waals surface area (Å²) in [5.74, 6) is -0.0253. The molecule has 6 heteroatoms. The van der Waals surface area contributed by atoms with Gasteiger partial charge >= 0.3 is 0 Å². The van der Waals surface area contributed by atoms with Gasteiger partial charge in [-0.15, -0.1) is 0 Å². The van der Waals surface area contributed by atoms with Crippen molar-refractivity contribution in [3.63, 3.8) is 0 Å². The molecule has 1 N–H and O–H groups in total. The van der Waals surface area contributed by atoms with E-state index < -0.39 is 0 Å². The number of nitrogens with one attached hydrogen (secondary N) is 1. The molecule has 134 valence electrons. The lowest BCUT2D eigenvalue weighted by Crippen LogP contribution is -2.30. The van der Waals surface area contributed by atoms with Crippen molar-refractivity contribution in [1.82, 2.24) is 14.5 Å². The van der Waals surface area contributed by atoms with Crippen LogP contribution in [0.15, 0.2) is 53.3 Å². The number of hydrogen-bond donors (Lipinski definition) is 1. The molecule has 0 spiro atoms. The summed E-state index contributed by atoms with van der Waals surface area (Å²) in [4.78, 5) is 29.8. The second-order valence-corrected chi connectivity index (χ2v) is 6.75. The quantitative estimate of drug-likeness (QED) is 0.703. The predicted molar refractivity (Wildman–Crippen MR) is 106 cm³/mol. The fourth-order valence-electron chi connectivity index (χ4n) is 2.93. The Balaban J connectivity index is 1.73. The van der Waals surface area contributed by atoms with Crippen LogP contribution in [0.1, 0.15) is 17.5 Å². The van der Waals surface area contributed by atoms with E-state index in [-0.39, 0.29) is 24.4 Å². The van der Waals surface area contributed by atoms with E-state index >= 15 is 0 Å². The van der Waals surface area contributed by atoms with E-state index in [1.54, 1.807) is 18.0 Å². The molecule has 1 heterocycles. The van der Waals surface area contributed by atoms with Gasteiger partial charge in [0.15, 0.2) is 4.77 Å². The third-order valence-corrected chi connectivity index (χ3v) is 4.86. The molecule has 3 rings (SSSR count). The first-order chi connectivity index (χ1) is 12.5. The normalized spacial score (nSPS) is 10.8. The number of rotatable bonds is 5. The third-order valence-electron chi connectivity index (χ3n) is 4.53. The monoisotopic (exact) mass is 367 g/mol. The van der Waals surface area contributed by atoms with Crippen LogP contribution in [-0.4, -0.2) is 27.4 Å². The second-order valence-electron chi connectivity index (χ2n) is 6.36. The summed E-state index contributed by atoms with van der Waals surface area (Å²) < 4.78 is 1.79. The SMILES string of the molecule is Cc1ccccc1CN(C)C(=O)CCn1c(=S)[nH]c2ccccc2c1=O. The van der Waals surface area contributed by atoms with Crippen molar-refractivity contribution in [3.05, 3.63) is 74.8 Å². The van der Waals surface area contributed by atoms with Gasteiger partial charge in [-0.1, -0.05) is 36.4 Å². The zero-order chi connectivity index (χ0) is 18.7. The zero-order valence-electron chi connectivity index (χ0n) is 14.9. The molecule has 0 aliphatic carbocycles. The topological polar surface area (TPSA) is 58.1 Å². The molecule has 0 radical (unpaired) electrons. The summed E-state index contributed by atoms with van der Waals surface area (Å²) in [6, 6.07) is 15.2. The van der Waals surface area contributed by atoms with E-state index in [0.29, 0.717) is 22.2 Å². The van der Waals surface area contributed by atoms with Gasteiger partial charge in [0.1, 0.15) is 0 Å². The fraction of sp³-hybridized carbons (Fsp3) is 0.250. The van der Waals surface area contributed by atoms with Crippen LogP contribution in [0.5, 0.6) is 0 Å². The molecule has 5 nitrogen and oxygen atoms in total. The summed E-state index contributed by atoms with van der Waals surface area (Å²) in [7, 11) is 1.78. The van der Waals surface area contributed by atoms with Gasteiger partial charge in [-0.2, -0.15) is 0 Å². The van der Waals surface area contributed by atoms with Gasteiger partial charge in [0.05, 0.1) is 10.9 Å². The van der Waals surface area contributed by atoms with Gasteiger partial charge in [-0.25, -0.2) is 0 Å². The number of amides is 1. The highest BCUT2D eigenvalue weighted by Crippen LogP contribution is 2.11. The Morgan fingerprint density at radius 2 is 1.85 bits per heavy atom. The number of benzene rings is 2. The lowest BCUT2D eigenvalue weighted by Gasteiger charge is -2.19. The number of carbonyl (C=O) groups excluding carboxylic acids is 1. The van der Waals surface area contributed by atoms with Crippen LogP contribution in [0.2, 0.25) is 0 Å². The number of fused-ring (bicyclic) bond motifs is 1. The Kier molecular flexibility index (Phi) is 5.32. The molecule has 0 fully saturated rings. The van der Waals surface area contributed by atoms with Gasteiger partial charge in [0.25, 0.3) is 5.56 Å². The molecular formula is C20H21N3O2S. The lowest BCUT2D eigenvalue weighted by atomic mass is 10.1. The number of H-pyrrole nitrogens is 1. The van der Waals surface area contributed by atoms with Gasteiger partial charge in [0.2, 0.25) is 5.91 Å². The van der Waals surface area contributed by atoms with Crippen LogP contribution in [0.4, 0.5) is 0 Å². The predicted octanol–water partition coefficient (Wildman–Crippen LogP) is 3.42. The van der Waals surface area contributed by atoms with Crippen LogP contribution < -0.4 is 5.56 Å². The molecule has 0 aliphatic rings. The molecule has 2 aromatic carbocycles. The van der Waals surface area contributed by atoms with Crippen molar-refractivity contribution in [3.8, 4) is 0 Å². The van der Waals surface area contributed by atoms with E-state index in [4.69, 9.17) is 12.2 Å². The Bertz CT molecular complexity index is 1070. The molecule has 0 atom stereocenters. The number of carbonyl (C=O) groups is 1. The minimum Gasteiger partial charge on any atom is -0.341 e. The summed E-state index contributed by atoms with van der Waals surface area (Å²) in [5, 5.41) is 0.571. The molecule has 1 amide bonds. The number of aryl methyl sites for hydroxylation is 1. The summed E-state index contributed by atoms with van der Waals surface area (Å²) in [6.07, 6.45) is 0.220. The summed E-state index contributed by atoms with van der Waals surface area (Å²) in [6.45, 7) is 2.84. The molecule has 0 saturated heterocycles. The van der Waals surface area contributed by atoms with Crippen LogP contribution in [-0.2, 0) is 17.9 Å². The van der Waals surface area contributed by atoms with Crippen molar-refractivity contribution in [2.24, 2.45) is 0 Å². The van der Waals surface area contributed by atoms with Crippen molar-refractivity contribution < 1.29 is 4.79 Å². The first-order valence-electron chi connectivity index (χ1n) is 8.47. The molecule has 26 heavy (non-hydrogen) atoms. The maximum Gasteiger partial charge on any atom is 0.262 e. The molecule has 1 aromatic heterocycles. The first-order valence-corrected chi connectivity index (χ1v) is 8.88. The Morgan fingerprint density at radius 1 is 1.15 bits per heavy atom. The van der Waals surface area contributed by atoms with Gasteiger partial charge in [-0.05, 0) is 42.4 Å². The molecule has 0 bridgehead atoms. The second kappa shape index (κ2) is 7.66. The highest BCUT2D eigenvalue weighted by atomic mass is 32.1. The highest BCUT2D eigenvalue weighted by molar-refractivity contribution is 7.71. The average molecular weight is 367 g/mol. The Morgan fingerprint density at radius 3 is 2.62 bits per heavy atom. The lowest BCUT2D eigenvalue weighted by molar-refractivity contribution is -0.130. The first kappa shape index (κ1) is 18.1. The maximum atomic E-state index is 12.6. The molecule has 0 saturated carbocycles. The number of para-hydroxylation sites is 1. The largest absolute Gasteiger partial charge is 0.341 e. The summed E-state index contributed by atoms with van der Waals surface area (Å²) >= 11 is 5.29. The minimum atomic E-state index is -0.168. The van der Waals surface area contributed by atoms with E-state index in [1.807, 2.05) is 49.4 Å². The Labute approximate surface area is 156 Å². The molecular weight excluding hydrogens is 346 g/mol. The smallest absolute Gasteiger partial charge is 0.262 e. The number of nitrogens with zero attached hydrogens (tertiary/aromatic N) is 2. The molecule has 0 aliphatic heterocycles. The average Bonchev–Trinajstić information content (AvgIpc) is 2.63. The highest BCUT2D eigenvalue weighted by Gasteiger charge is 2.12.